The molecule has 178 valence electrons. The Morgan fingerprint density at radius 1 is 0.971 bits per heavy atom. The fourth-order valence-electron chi connectivity index (χ4n) is 4.45. The molecule has 0 bridgehead atoms. The van der Waals surface area contributed by atoms with Crippen molar-refractivity contribution in [1.29, 1.82) is 0 Å². The summed E-state index contributed by atoms with van der Waals surface area (Å²) in [5, 5.41) is 11.2. The maximum atomic E-state index is 13.3. The van der Waals surface area contributed by atoms with Crippen molar-refractivity contribution in [2.75, 3.05) is 25.8 Å². The van der Waals surface area contributed by atoms with Gasteiger partial charge >= 0.3 is 0 Å². The number of anilines is 1. The summed E-state index contributed by atoms with van der Waals surface area (Å²) >= 11 is 0. The van der Waals surface area contributed by atoms with E-state index in [4.69, 9.17) is 9.47 Å². The Labute approximate surface area is 203 Å². The molecule has 7 heteroatoms. The van der Waals surface area contributed by atoms with Crippen LogP contribution < -0.4 is 14.4 Å². The van der Waals surface area contributed by atoms with E-state index in [0.29, 0.717) is 17.1 Å². The normalized spacial score (nSPS) is 18.3. The summed E-state index contributed by atoms with van der Waals surface area (Å²) in [4.78, 5) is 30.0. The first-order chi connectivity index (χ1) is 16.8. The lowest BCUT2D eigenvalue weighted by Gasteiger charge is -2.26. The second-order valence-corrected chi connectivity index (χ2v) is 8.97. The molecule has 7 nitrogen and oxygen atoms in total. The minimum Gasteiger partial charge on any atom is -0.507 e. The molecule has 1 fully saturated rings. The van der Waals surface area contributed by atoms with Crippen molar-refractivity contribution in [2.45, 2.75) is 19.5 Å². The number of ether oxygens (including phenoxy) is 2. The Morgan fingerprint density at radius 3 is 2.34 bits per heavy atom. The van der Waals surface area contributed by atoms with Crippen LogP contribution in [0.25, 0.3) is 5.76 Å². The van der Waals surface area contributed by atoms with Gasteiger partial charge in [-0.3, -0.25) is 9.59 Å². The lowest BCUT2D eigenvalue weighted by molar-refractivity contribution is -0.140. The maximum absolute atomic E-state index is 13.3. The number of ketones is 1. The third kappa shape index (κ3) is 4.10. The highest BCUT2D eigenvalue weighted by molar-refractivity contribution is 6.46. The Morgan fingerprint density at radius 2 is 1.66 bits per heavy atom. The van der Waals surface area contributed by atoms with Gasteiger partial charge in [-0.15, -0.1) is 0 Å². The molecule has 1 amide bonds. The number of likely N-dealkylation sites (tertiary alicyclic amines) is 1. The number of carbonyl (C=O) groups excluding carboxylic acids is 2. The van der Waals surface area contributed by atoms with Gasteiger partial charge in [0.25, 0.3) is 11.7 Å². The number of amides is 1. The van der Waals surface area contributed by atoms with E-state index in [2.05, 4.69) is 0 Å². The van der Waals surface area contributed by atoms with Crippen LogP contribution in [-0.4, -0.2) is 42.6 Å². The number of hydrogen-bond acceptors (Lipinski definition) is 6. The molecule has 0 aliphatic carbocycles. The zero-order valence-corrected chi connectivity index (χ0v) is 19.8. The number of carbonyl (C=O) groups is 2. The van der Waals surface area contributed by atoms with Crippen molar-refractivity contribution in [3.63, 3.8) is 0 Å². The van der Waals surface area contributed by atoms with Gasteiger partial charge in [0.1, 0.15) is 5.76 Å². The Kier molecular flexibility index (Phi) is 5.68. The fraction of sp³-hybridized carbons (Fsp3) is 0.214. The van der Waals surface area contributed by atoms with Gasteiger partial charge in [0.05, 0.1) is 11.6 Å². The Bertz CT molecular complexity index is 1330. The van der Waals surface area contributed by atoms with E-state index in [1.54, 1.807) is 18.2 Å². The van der Waals surface area contributed by atoms with Gasteiger partial charge in [-0.25, -0.2) is 0 Å². The summed E-state index contributed by atoms with van der Waals surface area (Å²) in [5.41, 5.74) is 4.12. The predicted octanol–water partition coefficient (Wildman–Crippen LogP) is 4.41. The number of Topliss-reactive ketones (excluding diaryl/α,β-unsaturated/α-hetero) is 1. The highest BCUT2D eigenvalue weighted by Gasteiger charge is 2.46. The third-order valence-electron chi connectivity index (χ3n) is 6.38. The number of aliphatic hydroxyl groups is 1. The summed E-state index contributed by atoms with van der Waals surface area (Å²) in [6, 6.07) is 19.6. The first-order valence-corrected chi connectivity index (χ1v) is 11.3. The smallest absolute Gasteiger partial charge is 0.295 e. The summed E-state index contributed by atoms with van der Waals surface area (Å²) < 4.78 is 10.9. The van der Waals surface area contributed by atoms with Gasteiger partial charge in [-0.2, -0.15) is 0 Å². The van der Waals surface area contributed by atoms with E-state index in [0.717, 1.165) is 22.4 Å². The van der Waals surface area contributed by atoms with E-state index in [1.807, 2.05) is 74.4 Å². The molecular weight excluding hydrogens is 444 g/mol. The summed E-state index contributed by atoms with van der Waals surface area (Å²) in [7, 11) is 3.89. The number of aliphatic hydroxyl groups excluding tert-OH is 1. The average Bonchev–Trinajstić information content (AvgIpc) is 3.42. The van der Waals surface area contributed by atoms with Crippen molar-refractivity contribution >= 4 is 23.1 Å². The molecule has 2 aliphatic rings. The Hall–Kier alpha value is -4.26. The van der Waals surface area contributed by atoms with Gasteiger partial charge < -0.3 is 24.4 Å². The molecule has 1 atom stereocenters. The average molecular weight is 471 g/mol. The lowest BCUT2D eigenvalue weighted by atomic mass is 9.94. The van der Waals surface area contributed by atoms with E-state index in [-0.39, 0.29) is 24.7 Å². The van der Waals surface area contributed by atoms with E-state index in [1.165, 1.54) is 4.90 Å². The van der Waals surface area contributed by atoms with E-state index >= 15 is 0 Å². The molecule has 1 saturated heterocycles. The zero-order chi connectivity index (χ0) is 24.7. The van der Waals surface area contributed by atoms with Crippen molar-refractivity contribution in [3.05, 3.63) is 94.6 Å². The molecule has 3 aromatic rings. The van der Waals surface area contributed by atoms with Gasteiger partial charge in [0, 0.05) is 31.9 Å². The first-order valence-electron chi connectivity index (χ1n) is 11.3. The number of aryl methyl sites for hydroxylation is 1. The Balaban J connectivity index is 1.60. The zero-order valence-electron chi connectivity index (χ0n) is 19.8. The number of rotatable bonds is 5. The van der Waals surface area contributed by atoms with Crippen molar-refractivity contribution in [3.8, 4) is 11.5 Å². The number of fused-ring (bicyclic) bond motifs is 1. The second-order valence-electron chi connectivity index (χ2n) is 8.97. The molecule has 35 heavy (non-hydrogen) atoms. The van der Waals surface area contributed by atoms with Crippen LogP contribution in [0.4, 0.5) is 5.69 Å². The molecule has 5 rings (SSSR count). The van der Waals surface area contributed by atoms with Crippen LogP contribution in [0.2, 0.25) is 0 Å². The van der Waals surface area contributed by atoms with Crippen LogP contribution in [0.1, 0.15) is 28.3 Å². The molecule has 1 N–H and O–H groups in total. The van der Waals surface area contributed by atoms with Gasteiger partial charge in [0.2, 0.25) is 6.79 Å². The third-order valence-corrected chi connectivity index (χ3v) is 6.38. The highest BCUT2D eigenvalue weighted by atomic mass is 16.7. The van der Waals surface area contributed by atoms with Crippen LogP contribution >= 0.6 is 0 Å². The van der Waals surface area contributed by atoms with Crippen LogP contribution in [0.3, 0.4) is 0 Å². The lowest BCUT2D eigenvalue weighted by Crippen LogP contribution is -2.29. The second kappa shape index (κ2) is 8.83. The molecular formula is C28H26N2O5. The van der Waals surface area contributed by atoms with Gasteiger partial charge in [-0.05, 0) is 42.3 Å². The summed E-state index contributed by atoms with van der Waals surface area (Å²) in [5.74, 6) is -0.293. The van der Waals surface area contributed by atoms with Crippen LogP contribution in [0.5, 0.6) is 11.5 Å². The van der Waals surface area contributed by atoms with Crippen LogP contribution in [0, 0.1) is 6.92 Å². The predicted molar refractivity (Wildman–Crippen MR) is 132 cm³/mol. The molecule has 0 spiro atoms. The monoisotopic (exact) mass is 470 g/mol. The fourth-order valence-corrected chi connectivity index (χ4v) is 4.45. The maximum Gasteiger partial charge on any atom is 0.295 e. The standard InChI is InChI=1S/C28H26N2O5/c1-17-4-7-20(8-5-17)26(31)24-25(19-9-11-21(12-10-19)29(2)3)30(28(33)27(24)32)15-18-6-13-22-23(14-18)35-16-34-22/h4-14,25,31H,15-16H2,1-3H3/b26-24+. The number of hydrogen-bond donors (Lipinski definition) is 1. The highest BCUT2D eigenvalue weighted by Crippen LogP contribution is 2.41. The van der Waals surface area contributed by atoms with Gasteiger partial charge in [0.15, 0.2) is 11.5 Å². The molecule has 0 radical (unpaired) electrons. The van der Waals surface area contributed by atoms with Crippen molar-refractivity contribution in [1.82, 2.24) is 4.90 Å². The van der Waals surface area contributed by atoms with Gasteiger partial charge in [-0.1, -0.05) is 48.0 Å². The molecule has 0 saturated carbocycles. The van der Waals surface area contributed by atoms with Crippen molar-refractivity contribution < 1.29 is 24.2 Å². The number of nitrogens with zero attached hydrogens (tertiary/aromatic N) is 2. The quantitative estimate of drug-likeness (QED) is 0.338. The van der Waals surface area contributed by atoms with Crippen molar-refractivity contribution in [2.24, 2.45) is 0 Å². The van der Waals surface area contributed by atoms with Crippen LogP contribution in [-0.2, 0) is 16.1 Å². The minimum absolute atomic E-state index is 0.0807. The number of benzene rings is 3. The molecule has 0 aromatic heterocycles. The SMILES string of the molecule is Cc1ccc(/C(O)=C2\C(=O)C(=O)N(Cc3ccc4c(c3)OCO4)C2c2ccc(N(C)C)cc2)cc1. The summed E-state index contributed by atoms with van der Waals surface area (Å²) in [6.45, 7) is 2.27. The first kappa shape index (κ1) is 22.5. The van der Waals surface area contributed by atoms with E-state index < -0.39 is 17.7 Å². The van der Waals surface area contributed by atoms with E-state index in [9.17, 15) is 14.7 Å². The molecule has 2 heterocycles. The molecule has 3 aromatic carbocycles. The minimum atomic E-state index is -0.738. The summed E-state index contributed by atoms with van der Waals surface area (Å²) in [6.07, 6.45) is 0. The van der Waals surface area contributed by atoms with Crippen LogP contribution in [0.15, 0.2) is 72.3 Å². The molecule has 1 unspecified atom stereocenters. The topological polar surface area (TPSA) is 79.3 Å². The molecule has 2 aliphatic heterocycles. The largest absolute Gasteiger partial charge is 0.507 e.